The SMILES string of the molecule is CCCc1c(C(=O)O)nnn1CC(=O)NC(=O)OCC. The van der Waals surface area contributed by atoms with Gasteiger partial charge in [-0.2, -0.15) is 0 Å². The minimum Gasteiger partial charge on any atom is -0.476 e. The van der Waals surface area contributed by atoms with E-state index >= 15 is 0 Å². The molecule has 9 nitrogen and oxygen atoms in total. The van der Waals surface area contributed by atoms with Gasteiger partial charge in [0.05, 0.1) is 12.3 Å². The van der Waals surface area contributed by atoms with Crippen molar-refractivity contribution in [1.29, 1.82) is 0 Å². The summed E-state index contributed by atoms with van der Waals surface area (Å²) in [4.78, 5) is 33.6. The Morgan fingerprint density at radius 3 is 2.60 bits per heavy atom. The molecule has 9 heteroatoms. The topological polar surface area (TPSA) is 123 Å². The first-order chi connectivity index (χ1) is 9.49. The number of aromatic nitrogens is 3. The zero-order valence-corrected chi connectivity index (χ0v) is 11.3. The Morgan fingerprint density at radius 1 is 1.35 bits per heavy atom. The predicted molar refractivity (Wildman–Crippen MR) is 66.1 cm³/mol. The predicted octanol–water partition coefficient (Wildman–Crippen LogP) is 0.201. The summed E-state index contributed by atoms with van der Waals surface area (Å²) >= 11 is 0. The number of nitrogens with zero attached hydrogens (tertiary/aromatic N) is 3. The molecule has 2 amide bonds. The van der Waals surface area contributed by atoms with Crippen LogP contribution in [0.4, 0.5) is 4.79 Å². The summed E-state index contributed by atoms with van der Waals surface area (Å²) in [5, 5.41) is 18.1. The Morgan fingerprint density at radius 2 is 2.05 bits per heavy atom. The molecular weight excluding hydrogens is 268 g/mol. The van der Waals surface area contributed by atoms with Gasteiger partial charge in [0.15, 0.2) is 5.69 Å². The molecule has 0 aliphatic rings. The van der Waals surface area contributed by atoms with E-state index < -0.39 is 18.0 Å². The average Bonchev–Trinajstić information content (AvgIpc) is 2.73. The minimum atomic E-state index is -1.20. The number of alkyl carbamates (subject to hydrolysis) is 1. The van der Waals surface area contributed by atoms with Crippen LogP contribution in [0.2, 0.25) is 0 Å². The lowest BCUT2D eigenvalue weighted by molar-refractivity contribution is -0.121. The Balaban J connectivity index is 2.79. The van der Waals surface area contributed by atoms with E-state index in [1.165, 1.54) is 4.68 Å². The molecule has 0 unspecified atom stereocenters. The number of carboxylic acids is 1. The van der Waals surface area contributed by atoms with Crippen molar-refractivity contribution in [2.75, 3.05) is 6.61 Å². The number of ether oxygens (including phenoxy) is 1. The third-order valence-electron chi connectivity index (χ3n) is 2.34. The van der Waals surface area contributed by atoms with Crippen molar-refractivity contribution < 1.29 is 24.2 Å². The summed E-state index contributed by atoms with van der Waals surface area (Å²) < 4.78 is 5.73. The van der Waals surface area contributed by atoms with Gasteiger partial charge in [0, 0.05) is 0 Å². The van der Waals surface area contributed by atoms with Crippen molar-refractivity contribution in [3.05, 3.63) is 11.4 Å². The number of imide groups is 1. The molecule has 0 bridgehead atoms. The minimum absolute atomic E-state index is 0.146. The van der Waals surface area contributed by atoms with Gasteiger partial charge in [-0.3, -0.25) is 10.1 Å². The van der Waals surface area contributed by atoms with Crippen LogP contribution in [0, 0.1) is 0 Å². The van der Waals surface area contributed by atoms with E-state index in [2.05, 4.69) is 15.0 Å². The molecule has 2 N–H and O–H groups in total. The quantitative estimate of drug-likeness (QED) is 0.764. The zero-order valence-electron chi connectivity index (χ0n) is 11.3. The van der Waals surface area contributed by atoms with Crippen LogP contribution in [0.25, 0.3) is 0 Å². The fourth-order valence-electron chi connectivity index (χ4n) is 1.57. The number of carbonyl (C=O) groups is 3. The number of hydrogen-bond donors (Lipinski definition) is 2. The summed E-state index contributed by atoms with van der Waals surface area (Å²) in [6, 6.07) is 0. The van der Waals surface area contributed by atoms with E-state index in [1.807, 2.05) is 12.2 Å². The molecule has 0 spiro atoms. The zero-order chi connectivity index (χ0) is 15.1. The van der Waals surface area contributed by atoms with Crippen LogP contribution in [0.3, 0.4) is 0 Å². The van der Waals surface area contributed by atoms with Crippen LogP contribution in [-0.4, -0.2) is 44.7 Å². The summed E-state index contributed by atoms with van der Waals surface area (Å²) in [7, 11) is 0. The Labute approximate surface area is 114 Å². The number of aromatic carboxylic acids is 1. The molecule has 1 rings (SSSR count). The standard InChI is InChI=1S/C11H16N4O5/c1-3-5-7-9(10(17)18)13-14-15(7)6-8(16)12-11(19)20-4-2/h3-6H2,1-2H3,(H,17,18)(H,12,16,19). The maximum absolute atomic E-state index is 11.6. The van der Waals surface area contributed by atoms with Gasteiger partial charge in [0.1, 0.15) is 6.54 Å². The van der Waals surface area contributed by atoms with Crippen LogP contribution < -0.4 is 5.32 Å². The first kappa shape index (κ1) is 15.6. The molecule has 0 aliphatic heterocycles. The van der Waals surface area contributed by atoms with Gasteiger partial charge in [0.25, 0.3) is 5.91 Å². The van der Waals surface area contributed by atoms with Crippen molar-refractivity contribution in [2.45, 2.75) is 33.2 Å². The highest BCUT2D eigenvalue weighted by molar-refractivity contribution is 5.91. The lowest BCUT2D eigenvalue weighted by Crippen LogP contribution is -2.34. The Hall–Kier alpha value is -2.45. The largest absolute Gasteiger partial charge is 0.476 e. The van der Waals surface area contributed by atoms with Gasteiger partial charge in [-0.15, -0.1) is 5.10 Å². The van der Waals surface area contributed by atoms with Gasteiger partial charge in [-0.1, -0.05) is 18.6 Å². The smallest absolute Gasteiger partial charge is 0.413 e. The number of hydrogen-bond acceptors (Lipinski definition) is 6. The molecule has 20 heavy (non-hydrogen) atoms. The summed E-state index contributed by atoms with van der Waals surface area (Å²) in [5.74, 6) is -1.85. The Kier molecular flexibility index (Phi) is 5.63. The normalized spacial score (nSPS) is 10.1. The fraction of sp³-hybridized carbons (Fsp3) is 0.545. The van der Waals surface area contributed by atoms with Crippen molar-refractivity contribution in [3.63, 3.8) is 0 Å². The monoisotopic (exact) mass is 284 g/mol. The average molecular weight is 284 g/mol. The lowest BCUT2D eigenvalue weighted by Gasteiger charge is -2.06. The third-order valence-corrected chi connectivity index (χ3v) is 2.34. The molecule has 0 aliphatic carbocycles. The van der Waals surface area contributed by atoms with E-state index in [9.17, 15) is 14.4 Å². The second-order valence-corrected chi connectivity index (χ2v) is 3.87. The number of rotatable bonds is 6. The van der Waals surface area contributed by atoms with Gasteiger partial charge in [0.2, 0.25) is 0 Å². The summed E-state index contributed by atoms with van der Waals surface area (Å²) in [5.41, 5.74) is 0.162. The molecule has 0 saturated carbocycles. The first-order valence-corrected chi connectivity index (χ1v) is 6.11. The molecular formula is C11H16N4O5. The maximum atomic E-state index is 11.6. The van der Waals surface area contributed by atoms with Crippen LogP contribution >= 0.6 is 0 Å². The van der Waals surface area contributed by atoms with Crippen molar-refractivity contribution in [3.8, 4) is 0 Å². The highest BCUT2D eigenvalue weighted by Gasteiger charge is 2.20. The maximum Gasteiger partial charge on any atom is 0.413 e. The van der Waals surface area contributed by atoms with Crippen LogP contribution in [0.15, 0.2) is 0 Å². The molecule has 1 heterocycles. The van der Waals surface area contributed by atoms with E-state index in [0.29, 0.717) is 18.5 Å². The molecule has 0 atom stereocenters. The van der Waals surface area contributed by atoms with E-state index in [1.54, 1.807) is 6.92 Å². The molecule has 1 aromatic rings. The van der Waals surface area contributed by atoms with Crippen molar-refractivity contribution in [2.24, 2.45) is 0 Å². The van der Waals surface area contributed by atoms with E-state index in [4.69, 9.17) is 5.11 Å². The molecule has 1 aromatic heterocycles. The fourth-order valence-corrected chi connectivity index (χ4v) is 1.57. The van der Waals surface area contributed by atoms with Crippen molar-refractivity contribution >= 4 is 18.0 Å². The summed E-state index contributed by atoms with van der Waals surface area (Å²) in [6.07, 6.45) is 0.238. The molecule has 110 valence electrons. The highest BCUT2D eigenvalue weighted by Crippen LogP contribution is 2.08. The number of carboxylic acid groups (broad SMARTS) is 1. The third kappa shape index (κ3) is 4.04. The number of carbonyl (C=O) groups excluding carboxylic acids is 2. The highest BCUT2D eigenvalue weighted by atomic mass is 16.5. The second kappa shape index (κ2) is 7.22. The van der Waals surface area contributed by atoms with Crippen LogP contribution in [-0.2, 0) is 22.5 Å². The van der Waals surface area contributed by atoms with Gasteiger partial charge < -0.3 is 9.84 Å². The molecule has 0 saturated heterocycles. The number of nitrogens with one attached hydrogen (secondary N) is 1. The molecule has 0 aromatic carbocycles. The van der Waals surface area contributed by atoms with Crippen molar-refractivity contribution in [1.82, 2.24) is 20.3 Å². The van der Waals surface area contributed by atoms with Gasteiger partial charge in [-0.05, 0) is 13.3 Å². The van der Waals surface area contributed by atoms with Gasteiger partial charge >= 0.3 is 12.1 Å². The van der Waals surface area contributed by atoms with E-state index in [0.717, 1.165) is 0 Å². The van der Waals surface area contributed by atoms with Gasteiger partial charge in [-0.25, -0.2) is 14.3 Å². The van der Waals surface area contributed by atoms with E-state index in [-0.39, 0.29) is 18.8 Å². The Bertz CT molecular complexity index is 511. The van der Waals surface area contributed by atoms with Crippen LogP contribution in [0.5, 0.6) is 0 Å². The molecule has 0 radical (unpaired) electrons. The summed E-state index contributed by atoms with van der Waals surface area (Å²) in [6.45, 7) is 3.32. The first-order valence-electron chi connectivity index (χ1n) is 6.11. The lowest BCUT2D eigenvalue weighted by atomic mass is 10.2. The number of amides is 2. The molecule has 0 fully saturated rings. The van der Waals surface area contributed by atoms with Crippen LogP contribution in [0.1, 0.15) is 36.5 Å². The second-order valence-electron chi connectivity index (χ2n) is 3.87.